The minimum atomic E-state index is 0.165. The fourth-order valence-corrected chi connectivity index (χ4v) is 2.43. The van der Waals surface area contributed by atoms with Gasteiger partial charge in [-0.05, 0) is 38.6 Å². The third-order valence-electron chi connectivity index (χ3n) is 3.77. The molecule has 0 radical (unpaired) electrons. The minimum Gasteiger partial charge on any atom is -0.375 e. The fourth-order valence-electron chi connectivity index (χ4n) is 2.43. The van der Waals surface area contributed by atoms with Crippen molar-refractivity contribution in [2.45, 2.75) is 58.6 Å². The van der Waals surface area contributed by atoms with Crippen molar-refractivity contribution in [3.8, 4) is 0 Å². The van der Waals surface area contributed by atoms with E-state index < -0.39 is 0 Å². The zero-order valence-corrected chi connectivity index (χ0v) is 12.0. The third-order valence-corrected chi connectivity index (χ3v) is 3.77. The second-order valence-electron chi connectivity index (χ2n) is 5.47. The Bertz CT molecular complexity index is 258. The molecule has 2 N–H and O–H groups in total. The van der Waals surface area contributed by atoms with Gasteiger partial charge in [-0.2, -0.15) is 0 Å². The van der Waals surface area contributed by atoms with Crippen LogP contribution in [0.25, 0.3) is 0 Å². The topological polar surface area (TPSA) is 55.6 Å². The van der Waals surface area contributed by atoms with Crippen molar-refractivity contribution >= 4 is 5.91 Å². The highest BCUT2D eigenvalue weighted by Gasteiger charge is 2.28. The molecule has 4 heteroatoms. The van der Waals surface area contributed by atoms with E-state index in [9.17, 15) is 4.79 Å². The molecule has 4 nitrogen and oxygen atoms in total. The predicted molar refractivity (Wildman–Crippen MR) is 73.3 cm³/mol. The Balaban J connectivity index is 2.42. The molecule has 1 amide bonds. The Kier molecular flexibility index (Phi) is 6.65. The maximum Gasteiger partial charge on any atom is 0.222 e. The molecule has 18 heavy (non-hydrogen) atoms. The molecule has 0 aromatic heterocycles. The summed E-state index contributed by atoms with van der Waals surface area (Å²) in [7, 11) is 0. The molecule has 0 aromatic rings. The maximum atomic E-state index is 12.3. The number of carbonyl (C=O) groups is 1. The van der Waals surface area contributed by atoms with Gasteiger partial charge in [0, 0.05) is 13.0 Å². The van der Waals surface area contributed by atoms with E-state index in [0.717, 1.165) is 25.8 Å². The van der Waals surface area contributed by atoms with Crippen LogP contribution in [-0.4, -0.2) is 42.6 Å². The van der Waals surface area contributed by atoms with Gasteiger partial charge in [0.15, 0.2) is 0 Å². The van der Waals surface area contributed by atoms with Crippen LogP contribution in [0.5, 0.6) is 0 Å². The summed E-state index contributed by atoms with van der Waals surface area (Å²) in [4.78, 5) is 14.3. The van der Waals surface area contributed by atoms with Crippen LogP contribution in [-0.2, 0) is 9.53 Å². The number of rotatable bonds is 6. The zero-order chi connectivity index (χ0) is 13.5. The maximum absolute atomic E-state index is 12.3. The first-order chi connectivity index (χ1) is 8.58. The summed E-state index contributed by atoms with van der Waals surface area (Å²) in [6.07, 6.45) is 3.72. The Morgan fingerprint density at radius 1 is 1.50 bits per heavy atom. The summed E-state index contributed by atoms with van der Waals surface area (Å²) in [5.74, 6) is 0.818. The van der Waals surface area contributed by atoms with Crippen molar-refractivity contribution in [3.05, 3.63) is 0 Å². The Hall–Kier alpha value is -0.610. The molecule has 0 spiro atoms. The average Bonchev–Trinajstić information content (AvgIpc) is 2.36. The van der Waals surface area contributed by atoms with Gasteiger partial charge in [0.05, 0.1) is 18.8 Å². The van der Waals surface area contributed by atoms with E-state index in [4.69, 9.17) is 10.5 Å². The van der Waals surface area contributed by atoms with Gasteiger partial charge in [-0.3, -0.25) is 4.79 Å². The highest BCUT2D eigenvalue weighted by molar-refractivity contribution is 5.76. The SMILES string of the molecule is CCC1COC(C)CN1C(=O)CCC(C)CCN. The first-order valence-corrected chi connectivity index (χ1v) is 7.19. The van der Waals surface area contributed by atoms with E-state index in [0.29, 0.717) is 25.5 Å². The summed E-state index contributed by atoms with van der Waals surface area (Å²) in [5.41, 5.74) is 5.53. The lowest BCUT2D eigenvalue weighted by molar-refractivity contribution is -0.144. The van der Waals surface area contributed by atoms with E-state index in [-0.39, 0.29) is 18.1 Å². The monoisotopic (exact) mass is 256 g/mol. The van der Waals surface area contributed by atoms with Gasteiger partial charge in [0.1, 0.15) is 0 Å². The van der Waals surface area contributed by atoms with Gasteiger partial charge in [0.25, 0.3) is 0 Å². The molecule has 3 atom stereocenters. The Labute approximate surface area is 111 Å². The zero-order valence-electron chi connectivity index (χ0n) is 12.0. The molecule has 0 aliphatic carbocycles. The molecule has 3 unspecified atom stereocenters. The molecule has 1 heterocycles. The van der Waals surface area contributed by atoms with Crippen molar-refractivity contribution in [1.29, 1.82) is 0 Å². The lowest BCUT2D eigenvalue weighted by atomic mass is 10.0. The lowest BCUT2D eigenvalue weighted by Crippen LogP contribution is -2.51. The van der Waals surface area contributed by atoms with Crippen molar-refractivity contribution in [2.24, 2.45) is 11.7 Å². The summed E-state index contributed by atoms with van der Waals surface area (Å²) in [6.45, 7) is 8.44. The minimum absolute atomic E-state index is 0.165. The van der Waals surface area contributed by atoms with Crippen molar-refractivity contribution in [3.63, 3.8) is 0 Å². The molecule has 0 bridgehead atoms. The number of nitrogens with two attached hydrogens (primary N) is 1. The molecule has 0 aromatic carbocycles. The van der Waals surface area contributed by atoms with Crippen molar-refractivity contribution in [2.75, 3.05) is 19.7 Å². The quantitative estimate of drug-likeness (QED) is 0.788. The van der Waals surface area contributed by atoms with E-state index >= 15 is 0 Å². The first-order valence-electron chi connectivity index (χ1n) is 7.19. The number of hydrogen-bond donors (Lipinski definition) is 1. The number of carbonyl (C=O) groups excluding carboxylic acids is 1. The summed E-state index contributed by atoms with van der Waals surface area (Å²) in [6, 6.07) is 0.263. The second kappa shape index (κ2) is 7.74. The van der Waals surface area contributed by atoms with Gasteiger partial charge in [-0.15, -0.1) is 0 Å². The Morgan fingerprint density at radius 2 is 2.22 bits per heavy atom. The highest BCUT2D eigenvalue weighted by Crippen LogP contribution is 2.18. The van der Waals surface area contributed by atoms with Crippen LogP contribution < -0.4 is 5.73 Å². The smallest absolute Gasteiger partial charge is 0.222 e. The molecule has 106 valence electrons. The van der Waals surface area contributed by atoms with Crippen LogP contribution in [0.4, 0.5) is 0 Å². The molecule has 1 fully saturated rings. The number of amides is 1. The molecule has 1 saturated heterocycles. The first kappa shape index (κ1) is 15.4. The summed E-state index contributed by atoms with van der Waals surface area (Å²) < 4.78 is 5.62. The molecule has 1 aliphatic rings. The van der Waals surface area contributed by atoms with Gasteiger partial charge >= 0.3 is 0 Å². The average molecular weight is 256 g/mol. The van der Waals surface area contributed by atoms with Crippen molar-refractivity contribution in [1.82, 2.24) is 4.90 Å². The third kappa shape index (κ3) is 4.58. The van der Waals surface area contributed by atoms with Crippen LogP contribution >= 0.6 is 0 Å². The molecule has 1 rings (SSSR count). The van der Waals surface area contributed by atoms with Gasteiger partial charge in [0.2, 0.25) is 5.91 Å². The van der Waals surface area contributed by atoms with Crippen LogP contribution in [0.2, 0.25) is 0 Å². The van der Waals surface area contributed by atoms with Crippen LogP contribution in [0.3, 0.4) is 0 Å². The molecule has 1 aliphatic heterocycles. The summed E-state index contributed by atoms with van der Waals surface area (Å²) >= 11 is 0. The number of ether oxygens (including phenoxy) is 1. The van der Waals surface area contributed by atoms with Crippen molar-refractivity contribution < 1.29 is 9.53 Å². The van der Waals surface area contributed by atoms with Crippen LogP contribution in [0.15, 0.2) is 0 Å². The number of hydrogen-bond acceptors (Lipinski definition) is 3. The normalized spacial score (nSPS) is 26.1. The summed E-state index contributed by atoms with van der Waals surface area (Å²) in [5, 5.41) is 0. The lowest BCUT2D eigenvalue weighted by Gasteiger charge is -2.38. The van der Waals surface area contributed by atoms with E-state index in [1.54, 1.807) is 0 Å². The van der Waals surface area contributed by atoms with Gasteiger partial charge in [-0.25, -0.2) is 0 Å². The molecular weight excluding hydrogens is 228 g/mol. The standard InChI is InChI=1S/C14H28N2O2/c1-4-13-10-18-12(3)9-16(13)14(17)6-5-11(2)7-8-15/h11-13H,4-10,15H2,1-3H3. The number of nitrogens with zero attached hydrogens (tertiary/aromatic N) is 1. The second-order valence-corrected chi connectivity index (χ2v) is 5.47. The van der Waals surface area contributed by atoms with E-state index in [1.807, 2.05) is 11.8 Å². The Morgan fingerprint density at radius 3 is 2.83 bits per heavy atom. The predicted octanol–water partition coefficient (Wildman–Crippen LogP) is 1.78. The van der Waals surface area contributed by atoms with E-state index in [2.05, 4.69) is 13.8 Å². The highest BCUT2D eigenvalue weighted by atomic mass is 16.5. The van der Waals surface area contributed by atoms with Crippen LogP contribution in [0.1, 0.15) is 46.5 Å². The van der Waals surface area contributed by atoms with Crippen LogP contribution in [0, 0.1) is 5.92 Å². The molecule has 0 saturated carbocycles. The van der Waals surface area contributed by atoms with Gasteiger partial charge in [-0.1, -0.05) is 13.8 Å². The van der Waals surface area contributed by atoms with Gasteiger partial charge < -0.3 is 15.4 Å². The fraction of sp³-hybridized carbons (Fsp3) is 0.929. The molecular formula is C14H28N2O2. The van der Waals surface area contributed by atoms with E-state index in [1.165, 1.54) is 0 Å². The largest absolute Gasteiger partial charge is 0.375 e. The number of morpholine rings is 1.